The minimum absolute atomic E-state index is 0.563. The number of para-hydroxylation sites is 1. The molecule has 1 aliphatic carbocycles. The summed E-state index contributed by atoms with van der Waals surface area (Å²) in [5.74, 6) is 0. The molecular formula is C17H26N2. The van der Waals surface area contributed by atoms with Crippen molar-refractivity contribution in [3.8, 4) is 0 Å². The van der Waals surface area contributed by atoms with Crippen LogP contribution < -0.4 is 10.6 Å². The fourth-order valence-electron chi connectivity index (χ4n) is 3.42. The van der Waals surface area contributed by atoms with Crippen LogP contribution in [0.5, 0.6) is 0 Å². The van der Waals surface area contributed by atoms with E-state index in [1.165, 1.54) is 48.9 Å². The Morgan fingerprint density at radius 3 is 2.84 bits per heavy atom. The highest BCUT2D eigenvalue weighted by Crippen LogP contribution is 2.35. The van der Waals surface area contributed by atoms with E-state index in [0.29, 0.717) is 11.5 Å². The lowest BCUT2D eigenvalue weighted by Crippen LogP contribution is -2.35. The Kier molecular flexibility index (Phi) is 3.53. The van der Waals surface area contributed by atoms with E-state index in [4.69, 9.17) is 0 Å². The van der Waals surface area contributed by atoms with Crippen LogP contribution in [0.15, 0.2) is 18.2 Å². The van der Waals surface area contributed by atoms with Gasteiger partial charge in [-0.3, -0.25) is 0 Å². The molecule has 0 atom stereocenters. The molecule has 1 aliphatic heterocycles. The van der Waals surface area contributed by atoms with Crippen LogP contribution in [0.2, 0.25) is 0 Å². The van der Waals surface area contributed by atoms with Crippen molar-refractivity contribution in [2.75, 3.05) is 11.9 Å². The average Bonchev–Trinajstić information content (AvgIpc) is 2.86. The van der Waals surface area contributed by atoms with E-state index in [0.717, 1.165) is 13.1 Å². The third kappa shape index (κ3) is 2.94. The minimum Gasteiger partial charge on any atom is -0.384 e. The molecule has 1 aromatic rings. The molecule has 0 unspecified atom stereocenters. The lowest BCUT2D eigenvalue weighted by Gasteiger charge is -2.34. The molecule has 2 nitrogen and oxygen atoms in total. The lowest BCUT2D eigenvalue weighted by atomic mass is 9.75. The second-order valence-corrected chi connectivity index (χ2v) is 6.95. The third-order valence-corrected chi connectivity index (χ3v) is 4.85. The van der Waals surface area contributed by atoms with E-state index in [-0.39, 0.29) is 0 Å². The Balaban J connectivity index is 1.57. The van der Waals surface area contributed by atoms with Crippen molar-refractivity contribution in [2.24, 2.45) is 5.41 Å². The summed E-state index contributed by atoms with van der Waals surface area (Å²) in [5.41, 5.74) is 4.89. The van der Waals surface area contributed by atoms with Crippen molar-refractivity contribution in [1.82, 2.24) is 5.32 Å². The molecule has 0 spiro atoms. The predicted molar refractivity (Wildman–Crippen MR) is 81.5 cm³/mol. The summed E-state index contributed by atoms with van der Waals surface area (Å²) in [7, 11) is 0. The van der Waals surface area contributed by atoms with Gasteiger partial charge in [0.2, 0.25) is 0 Å². The highest BCUT2D eigenvalue weighted by Gasteiger charge is 2.26. The summed E-state index contributed by atoms with van der Waals surface area (Å²) >= 11 is 0. The molecule has 1 saturated carbocycles. The molecule has 2 aliphatic rings. The monoisotopic (exact) mass is 258 g/mol. The van der Waals surface area contributed by atoms with Gasteiger partial charge in [-0.1, -0.05) is 32.0 Å². The van der Waals surface area contributed by atoms with Gasteiger partial charge in [-0.15, -0.1) is 0 Å². The highest BCUT2D eigenvalue weighted by molar-refractivity contribution is 5.61. The van der Waals surface area contributed by atoms with E-state index >= 15 is 0 Å². The van der Waals surface area contributed by atoms with Crippen LogP contribution in [0.4, 0.5) is 5.69 Å². The number of hydrogen-bond donors (Lipinski definition) is 2. The summed E-state index contributed by atoms with van der Waals surface area (Å²) in [4.78, 5) is 0. The van der Waals surface area contributed by atoms with Gasteiger partial charge >= 0.3 is 0 Å². The number of fused-ring (bicyclic) bond motifs is 1. The van der Waals surface area contributed by atoms with E-state index in [9.17, 15) is 0 Å². The highest BCUT2D eigenvalue weighted by atomic mass is 14.9. The van der Waals surface area contributed by atoms with Crippen molar-refractivity contribution in [1.29, 1.82) is 0 Å². The summed E-state index contributed by atoms with van der Waals surface area (Å²) in [6.07, 6.45) is 6.55. The van der Waals surface area contributed by atoms with Crippen LogP contribution in [0.25, 0.3) is 0 Å². The number of hydrogen-bond acceptors (Lipinski definition) is 2. The average molecular weight is 258 g/mol. The molecule has 1 heterocycles. The Bertz CT molecular complexity index is 441. The second kappa shape index (κ2) is 5.16. The SMILES string of the molecule is CC1(C)CCC(NCc2cccc3c2NCC3)CC1. The van der Waals surface area contributed by atoms with Crippen LogP contribution in [0.1, 0.15) is 50.7 Å². The van der Waals surface area contributed by atoms with Gasteiger partial charge < -0.3 is 10.6 Å². The summed E-state index contributed by atoms with van der Waals surface area (Å²) in [6, 6.07) is 7.43. The van der Waals surface area contributed by atoms with Crippen molar-refractivity contribution < 1.29 is 0 Å². The zero-order valence-electron chi connectivity index (χ0n) is 12.3. The van der Waals surface area contributed by atoms with E-state index < -0.39 is 0 Å². The zero-order chi connectivity index (χ0) is 13.3. The van der Waals surface area contributed by atoms with Gasteiger partial charge in [0.25, 0.3) is 0 Å². The molecule has 2 N–H and O–H groups in total. The zero-order valence-corrected chi connectivity index (χ0v) is 12.3. The van der Waals surface area contributed by atoms with E-state index in [2.05, 4.69) is 42.7 Å². The van der Waals surface area contributed by atoms with Crippen LogP contribution in [-0.4, -0.2) is 12.6 Å². The predicted octanol–water partition coefficient (Wildman–Crippen LogP) is 3.71. The van der Waals surface area contributed by atoms with Crippen molar-refractivity contribution in [3.05, 3.63) is 29.3 Å². The first-order valence-electron chi connectivity index (χ1n) is 7.72. The van der Waals surface area contributed by atoms with E-state index in [1.54, 1.807) is 0 Å². The number of nitrogens with one attached hydrogen (secondary N) is 2. The van der Waals surface area contributed by atoms with Gasteiger partial charge in [0, 0.05) is 24.8 Å². The molecule has 19 heavy (non-hydrogen) atoms. The standard InChI is InChI=1S/C17H26N2/c1-17(2)9-6-15(7-10-17)19-12-14-5-3-4-13-8-11-18-16(13)14/h3-5,15,18-19H,6-12H2,1-2H3. The molecule has 0 saturated heterocycles. The molecule has 3 rings (SSSR count). The van der Waals surface area contributed by atoms with E-state index in [1.807, 2.05) is 0 Å². The van der Waals surface area contributed by atoms with Crippen LogP contribution >= 0.6 is 0 Å². The van der Waals surface area contributed by atoms with Crippen molar-refractivity contribution in [2.45, 2.75) is 58.5 Å². The maximum absolute atomic E-state index is 3.77. The largest absolute Gasteiger partial charge is 0.384 e. The Hall–Kier alpha value is -1.02. The molecular weight excluding hydrogens is 232 g/mol. The summed E-state index contributed by atoms with van der Waals surface area (Å²) in [6.45, 7) is 6.92. The first-order chi connectivity index (χ1) is 9.14. The third-order valence-electron chi connectivity index (χ3n) is 4.85. The smallest absolute Gasteiger partial charge is 0.0419 e. The summed E-state index contributed by atoms with van der Waals surface area (Å²) < 4.78 is 0. The molecule has 2 heteroatoms. The minimum atomic E-state index is 0.563. The number of rotatable bonds is 3. The van der Waals surface area contributed by atoms with Crippen molar-refractivity contribution in [3.63, 3.8) is 0 Å². The fraction of sp³-hybridized carbons (Fsp3) is 0.647. The summed E-state index contributed by atoms with van der Waals surface area (Å²) in [5, 5.41) is 7.29. The molecule has 1 aromatic carbocycles. The van der Waals surface area contributed by atoms with Gasteiger partial charge in [0.15, 0.2) is 0 Å². The lowest BCUT2D eigenvalue weighted by molar-refractivity contribution is 0.206. The number of anilines is 1. The van der Waals surface area contributed by atoms with Crippen molar-refractivity contribution >= 4 is 5.69 Å². The molecule has 0 aromatic heterocycles. The molecule has 0 bridgehead atoms. The van der Waals surface area contributed by atoms with Gasteiger partial charge in [0.05, 0.1) is 0 Å². The maximum atomic E-state index is 3.77. The molecule has 0 radical (unpaired) electrons. The maximum Gasteiger partial charge on any atom is 0.0419 e. The Labute approximate surface area is 117 Å². The first kappa shape index (κ1) is 13.0. The fourth-order valence-corrected chi connectivity index (χ4v) is 3.42. The van der Waals surface area contributed by atoms with Crippen LogP contribution in [0.3, 0.4) is 0 Å². The topological polar surface area (TPSA) is 24.1 Å². The Morgan fingerprint density at radius 1 is 1.26 bits per heavy atom. The van der Waals surface area contributed by atoms with Gasteiger partial charge in [-0.05, 0) is 48.6 Å². The quantitative estimate of drug-likeness (QED) is 0.863. The number of benzene rings is 1. The van der Waals surface area contributed by atoms with Gasteiger partial charge in [-0.2, -0.15) is 0 Å². The molecule has 0 amide bonds. The van der Waals surface area contributed by atoms with Gasteiger partial charge in [0.1, 0.15) is 0 Å². The van der Waals surface area contributed by atoms with Crippen LogP contribution in [-0.2, 0) is 13.0 Å². The van der Waals surface area contributed by atoms with Crippen LogP contribution in [0, 0.1) is 5.41 Å². The first-order valence-corrected chi connectivity index (χ1v) is 7.72. The molecule has 104 valence electrons. The van der Waals surface area contributed by atoms with Gasteiger partial charge in [-0.25, -0.2) is 0 Å². The second-order valence-electron chi connectivity index (χ2n) is 6.95. The normalized spacial score (nSPS) is 22.0. The Morgan fingerprint density at radius 2 is 2.05 bits per heavy atom. The molecule has 1 fully saturated rings.